The number of anilines is 1. The molecular weight excluding hydrogens is 419 g/mol. The highest BCUT2D eigenvalue weighted by Crippen LogP contribution is 2.36. The molecule has 1 unspecified atom stereocenters. The molecule has 1 aromatic heterocycles. The van der Waals surface area contributed by atoms with Crippen LogP contribution in [0.1, 0.15) is 11.3 Å². The molecular formula is C19H14F3N5O4. The van der Waals surface area contributed by atoms with E-state index in [1.165, 1.54) is 42.5 Å². The van der Waals surface area contributed by atoms with E-state index in [0.717, 1.165) is 16.8 Å². The lowest BCUT2D eigenvalue weighted by Crippen LogP contribution is -2.48. The number of carbonyl (C=O) groups is 1. The van der Waals surface area contributed by atoms with Gasteiger partial charge in [0.15, 0.2) is 5.75 Å². The molecule has 1 aliphatic heterocycles. The minimum absolute atomic E-state index is 0.0691. The maximum Gasteiger partial charge on any atom is 0.573 e. The summed E-state index contributed by atoms with van der Waals surface area (Å²) in [5, 5.41) is 12.5. The van der Waals surface area contributed by atoms with Gasteiger partial charge in [0, 0.05) is 5.56 Å². The molecule has 0 fully saturated rings. The van der Waals surface area contributed by atoms with Crippen LogP contribution in [0, 0.1) is 0 Å². The number of ether oxygens (including phenoxy) is 1. The minimum atomic E-state index is -5.00. The molecule has 0 saturated heterocycles. The number of para-hydroxylation sites is 2. The van der Waals surface area contributed by atoms with Crippen molar-refractivity contribution in [1.82, 2.24) is 9.55 Å². The zero-order valence-electron chi connectivity index (χ0n) is 15.5. The molecule has 0 saturated carbocycles. The number of aromatic amines is 1. The molecule has 0 spiro atoms. The van der Waals surface area contributed by atoms with Crippen LogP contribution in [0.5, 0.6) is 11.5 Å². The molecule has 4 rings (SSSR count). The Hall–Kier alpha value is -4.22. The second-order valence-electron chi connectivity index (χ2n) is 6.55. The average molecular weight is 433 g/mol. The second kappa shape index (κ2) is 6.93. The normalized spacial score (nSPS) is 17.6. The minimum Gasteiger partial charge on any atom is -0.508 e. The Labute approximate surface area is 171 Å². The van der Waals surface area contributed by atoms with E-state index in [0.29, 0.717) is 0 Å². The van der Waals surface area contributed by atoms with E-state index in [1.807, 2.05) is 0 Å². The van der Waals surface area contributed by atoms with E-state index in [2.05, 4.69) is 20.0 Å². The summed E-state index contributed by atoms with van der Waals surface area (Å²) in [5.74, 6) is -1.85. The lowest BCUT2D eigenvalue weighted by Gasteiger charge is -2.32. The van der Waals surface area contributed by atoms with Gasteiger partial charge < -0.3 is 25.9 Å². The Kier molecular flexibility index (Phi) is 4.49. The Morgan fingerprint density at radius 1 is 1.19 bits per heavy atom. The van der Waals surface area contributed by atoms with Crippen molar-refractivity contribution in [2.45, 2.75) is 12.0 Å². The number of aromatic hydroxyl groups is 1. The van der Waals surface area contributed by atoms with Crippen molar-refractivity contribution >= 4 is 17.9 Å². The molecule has 160 valence electrons. The van der Waals surface area contributed by atoms with Gasteiger partial charge in [-0.25, -0.2) is 14.4 Å². The summed E-state index contributed by atoms with van der Waals surface area (Å²) in [7, 11) is 0. The predicted molar refractivity (Wildman–Crippen MR) is 103 cm³/mol. The molecule has 0 aliphatic carbocycles. The maximum atomic E-state index is 12.9. The van der Waals surface area contributed by atoms with Crippen molar-refractivity contribution in [1.29, 1.82) is 0 Å². The van der Waals surface area contributed by atoms with Gasteiger partial charge in [0.2, 0.25) is 5.66 Å². The molecule has 1 aliphatic rings. The van der Waals surface area contributed by atoms with Crippen LogP contribution in [0.2, 0.25) is 0 Å². The van der Waals surface area contributed by atoms with Crippen molar-refractivity contribution in [2.24, 2.45) is 10.7 Å². The molecule has 2 aromatic carbocycles. The molecule has 2 heterocycles. The van der Waals surface area contributed by atoms with Gasteiger partial charge in [-0.1, -0.05) is 24.3 Å². The third-order valence-corrected chi connectivity index (χ3v) is 4.56. The van der Waals surface area contributed by atoms with Gasteiger partial charge >= 0.3 is 12.1 Å². The van der Waals surface area contributed by atoms with E-state index in [9.17, 15) is 27.9 Å². The maximum absolute atomic E-state index is 12.9. The van der Waals surface area contributed by atoms with E-state index < -0.39 is 29.4 Å². The zero-order chi connectivity index (χ0) is 22.4. The Morgan fingerprint density at radius 3 is 2.61 bits per heavy atom. The summed E-state index contributed by atoms with van der Waals surface area (Å²) in [6.45, 7) is 0. The molecule has 1 atom stereocenters. The van der Waals surface area contributed by atoms with Gasteiger partial charge in [-0.05, 0) is 24.3 Å². The monoisotopic (exact) mass is 433 g/mol. The molecule has 0 bridgehead atoms. The van der Waals surface area contributed by atoms with E-state index >= 15 is 0 Å². The smallest absolute Gasteiger partial charge is 0.508 e. The number of fused-ring (bicyclic) bond motifs is 1. The number of primary amides is 1. The summed E-state index contributed by atoms with van der Waals surface area (Å²) in [6.07, 6.45) is -3.84. The second-order valence-corrected chi connectivity index (χ2v) is 6.55. The highest BCUT2D eigenvalue weighted by molar-refractivity contribution is 5.97. The van der Waals surface area contributed by atoms with E-state index in [4.69, 9.17) is 5.73 Å². The highest BCUT2D eigenvalue weighted by atomic mass is 19.4. The summed E-state index contributed by atoms with van der Waals surface area (Å²) < 4.78 is 43.5. The first-order valence-corrected chi connectivity index (χ1v) is 8.74. The number of nitrogens with one attached hydrogen (secondary N) is 2. The van der Waals surface area contributed by atoms with Gasteiger partial charge in [-0.15, -0.1) is 13.2 Å². The van der Waals surface area contributed by atoms with Crippen LogP contribution in [0.15, 0.2) is 58.3 Å². The van der Waals surface area contributed by atoms with E-state index in [-0.39, 0.29) is 28.5 Å². The molecule has 0 radical (unpaired) electrons. The van der Waals surface area contributed by atoms with Gasteiger partial charge in [-0.3, -0.25) is 4.79 Å². The van der Waals surface area contributed by atoms with Crippen molar-refractivity contribution in [3.8, 4) is 17.2 Å². The number of rotatable bonds is 4. The summed E-state index contributed by atoms with van der Waals surface area (Å²) in [4.78, 5) is 31.6. The van der Waals surface area contributed by atoms with Crippen LogP contribution in [-0.4, -0.2) is 33.1 Å². The molecule has 1 amide bonds. The van der Waals surface area contributed by atoms with Crippen molar-refractivity contribution in [3.05, 3.63) is 70.3 Å². The van der Waals surface area contributed by atoms with Crippen LogP contribution in [0.25, 0.3) is 5.69 Å². The van der Waals surface area contributed by atoms with Crippen molar-refractivity contribution in [2.75, 3.05) is 5.32 Å². The summed E-state index contributed by atoms with van der Waals surface area (Å²) in [6, 6.07) is 10.5. The average Bonchev–Trinajstić information content (AvgIpc) is 3.01. The number of hydrogen-bond acceptors (Lipinski definition) is 6. The van der Waals surface area contributed by atoms with E-state index in [1.54, 1.807) is 0 Å². The number of imidazole rings is 1. The number of halogens is 3. The lowest BCUT2D eigenvalue weighted by atomic mass is 9.97. The number of phenols is 1. The number of hydrogen-bond donors (Lipinski definition) is 4. The fourth-order valence-corrected chi connectivity index (χ4v) is 3.26. The molecule has 5 N–H and O–H groups in total. The number of nitrogens with two attached hydrogens (primary N) is 1. The largest absolute Gasteiger partial charge is 0.573 e. The van der Waals surface area contributed by atoms with Crippen LogP contribution in [-0.2, 0) is 10.5 Å². The highest BCUT2D eigenvalue weighted by Gasteiger charge is 2.43. The fourth-order valence-electron chi connectivity index (χ4n) is 3.26. The number of nitrogens with zero attached hydrogens (tertiary/aromatic N) is 2. The summed E-state index contributed by atoms with van der Waals surface area (Å²) >= 11 is 0. The number of carbonyl (C=O) groups excluding carboxylic acids is 1. The Balaban J connectivity index is 1.89. The number of H-pyrrole nitrogens is 1. The standard InChI is InChI=1S/C19H14F3N5O4/c20-19(21,22)31-14-7-2-1-6-13(14)27-15-12(25-17(27)30)9-24-18(26-15,16(23)29)10-4-3-5-11(28)8-10/h1-9,26,28H,(H2,23,29)(H,25,30). The molecule has 9 nitrogen and oxygen atoms in total. The van der Waals surface area contributed by atoms with Crippen LogP contribution in [0.4, 0.5) is 19.0 Å². The molecule has 3 aromatic rings. The van der Waals surface area contributed by atoms with Crippen LogP contribution in [0.3, 0.4) is 0 Å². The number of phenolic OH excluding ortho intramolecular Hbond substituents is 1. The third-order valence-electron chi connectivity index (χ3n) is 4.56. The first-order chi connectivity index (χ1) is 14.6. The van der Waals surface area contributed by atoms with Gasteiger partial charge in [0.05, 0.1) is 11.9 Å². The molecule has 31 heavy (non-hydrogen) atoms. The first kappa shape index (κ1) is 20.1. The first-order valence-electron chi connectivity index (χ1n) is 8.74. The number of alkyl halides is 3. The van der Waals surface area contributed by atoms with Crippen LogP contribution >= 0.6 is 0 Å². The molecule has 12 heteroatoms. The van der Waals surface area contributed by atoms with Crippen molar-refractivity contribution < 1.29 is 27.8 Å². The van der Waals surface area contributed by atoms with Gasteiger partial charge in [0.1, 0.15) is 17.3 Å². The SMILES string of the molecule is NC(=O)C1(c2cccc(O)c2)N=Cc2[nH]c(=O)n(-c3ccccc3OC(F)(F)F)c2N1. The Bertz CT molecular complexity index is 1260. The number of benzene rings is 2. The quantitative estimate of drug-likeness (QED) is 0.499. The predicted octanol–water partition coefficient (Wildman–Crippen LogP) is 1.95. The Morgan fingerprint density at radius 2 is 1.94 bits per heavy atom. The number of aliphatic imine (C=N–C) groups is 1. The topological polar surface area (TPSA) is 135 Å². The fraction of sp³-hybridized carbons (Fsp3) is 0.105. The summed E-state index contributed by atoms with van der Waals surface area (Å²) in [5.41, 5.74) is 2.87. The lowest BCUT2D eigenvalue weighted by molar-refractivity contribution is -0.274. The van der Waals surface area contributed by atoms with Crippen LogP contribution < -0.4 is 21.5 Å². The zero-order valence-corrected chi connectivity index (χ0v) is 15.5. The number of aromatic nitrogens is 2. The third kappa shape index (κ3) is 3.47. The van der Waals surface area contributed by atoms with Crippen molar-refractivity contribution in [3.63, 3.8) is 0 Å². The number of amides is 1. The van der Waals surface area contributed by atoms with Gasteiger partial charge in [-0.2, -0.15) is 0 Å². The van der Waals surface area contributed by atoms with Gasteiger partial charge in [0.25, 0.3) is 5.91 Å².